The summed E-state index contributed by atoms with van der Waals surface area (Å²) in [6.45, 7) is 1.49. The average molecular weight is 448 g/mol. The molecular formula is C26H26FN3O3. The minimum Gasteiger partial charge on any atom is -0.493 e. The van der Waals surface area contributed by atoms with Crippen molar-refractivity contribution in [2.45, 2.75) is 25.9 Å². The highest BCUT2D eigenvalue weighted by atomic mass is 19.1. The van der Waals surface area contributed by atoms with E-state index in [9.17, 15) is 9.18 Å². The first-order valence-electron chi connectivity index (χ1n) is 10.9. The monoisotopic (exact) mass is 447 g/mol. The summed E-state index contributed by atoms with van der Waals surface area (Å²) >= 11 is 0. The van der Waals surface area contributed by atoms with Gasteiger partial charge in [-0.1, -0.05) is 36.4 Å². The third-order valence-electron chi connectivity index (χ3n) is 5.36. The van der Waals surface area contributed by atoms with E-state index in [2.05, 4.69) is 14.9 Å². The Kier molecular flexibility index (Phi) is 7.19. The van der Waals surface area contributed by atoms with E-state index in [0.717, 1.165) is 42.0 Å². The number of fused-ring (bicyclic) bond motifs is 1. The molecule has 33 heavy (non-hydrogen) atoms. The van der Waals surface area contributed by atoms with Crippen LogP contribution in [-0.2, 0) is 13.1 Å². The number of imidazole rings is 1. The Morgan fingerprint density at radius 2 is 1.70 bits per heavy atom. The number of carbonyl (C=O) groups excluding carboxylic acids is 1. The molecule has 0 spiro atoms. The van der Waals surface area contributed by atoms with Gasteiger partial charge in [0.2, 0.25) is 0 Å². The van der Waals surface area contributed by atoms with Gasteiger partial charge in [-0.25, -0.2) is 9.37 Å². The molecule has 0 radical (unpaired) electrons. The molecule has 0 saturated carbocycles. The highest BCUT2D eigenvalue weighted by Gasteiger charge is 2.14. The van der Waals surface area contributed by atoms with E-state index in [1.54, 1.807) is 19.2 Å². The molecule has 4 rings (SSSR count). The molecule has 7 heteroatoms. The molecular weight excluding hydrogens is 421 g/mol. The molecule has 170 valence electrons. The number of halogens is 1. The van der Waals surface area contributed by atoms with Gasteiger partial charge in [-0.05, 0) is 49.2 Å². The number of para-hydroxylation sites is 4. The number of hydrogen-bond acceptors (Lipinski definition) is 4. The second kappa shape index (κ2) is 10.6. The van der Waals surface area contributed by atoms with E-state index in [4.69, 9.17) is 9.47 Å². The van der Waals surface area contributed by atoms with Gasteiger partial charge in [-0.2, -0.15) is 0 Å². The molecule has 1 N–H and O–H groups in total. The number of aryl methyl sites for hydroxylation is 1. The normalized spacial score (nSPS) is 10.8. The summed E-state index contributed by atoms with van der Waals surface area (Å²) in [5.74, 6) is 1.16. The van der Waals surface area contributed by atoms with E-state index >= 15 is 0 Å². The van der Waals surface area contributed by atoms with Crippen LogP contribution in [0.25, 0.3) is 11.0 Å². The number of nitrogens with zero attached hydrogens (tertiary/aromatic N) is 2. The maximum absolute atomic E-state index is 13.9. The van der Waals surface area contributed by atoms with Gasteiger partial charge in [0, 0.05) is 6.54 Å². The van der Waals surface area contributed by atoms with E-state index in [1.807, 2.05) is 48.5 Å². The number of ether oxygens (including phenoxy) is 2. The van der Waals surface area contributed by atoms with Gasteiger partial charge in [0.25, 0.3) is 5.91 Å². The van der Waals surface area contributed by atoms with Crippen molar-refractivity contribution in [3.63, 3.8) is 0 Å². The second-order valence-corrected chi connectivity index (χ2v) is 7.54. The molecule has 0 bridgehead atoms. The first-order chi connectivity index (χ1) is 16.2. The Hall–Kier alpha value is -3.87. The number of rotatable bonds is 10. The van der Waals surface area contributed by atoms with E-state index in [-0.39, 0.29) is 12.1 Å². The Balaban J connectivity index is 1.39. The van der Waals surface area contributed by atoms with Gasteiger partial charge in [0.05, 0.1) is 36.9 Å². The zero-order valence-electron chi connectivity index (χ0n) is 18.5. The van der Waals surface area contributed by atoms with Crippen LogP contribution in [0.15, 0.2) is 72.8 Å². The van der Waals surface area contributed by atoms with E-state index in [0.29, 0.717) is 12.4 Å². The van der Waals surface area contributed by atoms with Crippen molar-refractivity contribution in [2.24, 2.45) is 0 Å². The molecule has 0 aliphatic heterocycles. The molecule has 0 atom stereocenters. The molecule has 1 amide bonds. The Bertz CT molecular complexity index is 1240. The fourth-order valence-electron chi connectivity index (χ4n) is 3.70. The van der Waals surface area contributed by atoms with Crippen LogP contribution in [0, 0.1) is 5.82 Å². The summed E-state index contributed by atoms with van der Waals surface area (Å²) in [5, 5.41) is 2.79. The summed E-state index contributed by atoms with van der Waals surface area (Å²) in [4.78, 5) is 17.1. The van der Waals surface area contributed by atoms with Crippen molar-refractivity contribution in [3.05, 3.63) is 90.0 Å². The van der Waals surface area contributed by atoms with Crippen LogP contribution in [0.1, 0.15) is 29.0 Å². The minimum atomic E-state index is -0.543. The summed E-state index contributed by atoms with van der Waals surface area (Å²) < 4.78 is 27.2. The van der Waals surface area contributed by atoms with Crippen molar-refractivity contribution in [1.29, 1.82) is 0 Å². The SMILES string of the molecule is COc1ccccc1OCCCCn1c(CNC(=O)c2ccccc2F)nc2ccccc21. The van der Waals surface area contributed by atoms with Crippen LogP contribution >= 0.6 is 0 Å². The first kappa shape index (κ1) is 22.3. The lowest BCUT2D eigenvalue weighted by atomic mass is 10.2. The third-order valence-corrected chi connectivity index (χ3v) is 5.36. The van der Waals surface area contributed by atoms with Crippen LogP contribution in [0.3, 0.4) is 0 Å². The zero-order valence-corrected chi connectivity index (χ0v) is 18.5. The Labute approximate surface area is 192 Å². The number of aromatic nitrogens is 2. The van der Waals surface area contributed by atoms with Crippen molar-refractivity contribution < 1.29 is 18.7 Å². The number of hydrogen-bond donors (Lipinski definition) is 1. The van der Waals surface area contributed by atoms with E-state index in [1.165, 1.54) is 12.1 Å². The predicted octanol–water partition coefficient (Wildman–Crippen LogP) is 4.97. The molecule has 3 aromatic carbocycles. The highest BCUT2D eigenvalue weighted by Crippen LogP contribution is 2.26. The fourth-order valence-corrected chi connectivity index (χ4v) is 3.70. The molecule has 0 aliphatic carbocycles. The van der Waals surface area contributed by atoms with Crippen LogP contribution in [0.4, 0.5) is 4.39 Å². The van der Waals surface area contributed by atoms with Gasteiger partial charge >= 0.3 is 0 Å². The summed E-state index contributed by atoms with van der Waals surface area (Å²) in [5.41, 5.74) is 1.88. The molecule has 0 saturated heterocycles. The molecule has 6 nitrogen and oxygen atoms in total. The average Bonchev–Trinajstić information content (AvgIpc) is 3.20. The summed E-state index contributed by atoms with van der Waals surface area (Å²) in [6.07, 6.45) is 1.70. The van der Waals surface area contributed by atoms with Crippen LogP contribution in [0.2, 0.25) is 0 Å². The van der Waals surface area contributed by atoms with Crippen LogP contribution in [0.5, 0.6) is 11.5 Å². The fraction of sp³-hybridized carbons (Fsp3) is 0.231. The van der Waals surface area contributed by atoms with Gasteiger partial charge in [-0.3, -0.25) is 4.79 Å². The second-order valence-electron chi connectivity index (χ2n) is 7.54. The zero-order chi connectivity index (χ0) is 23.0. The number of amides is 1. The van der Waals surface area contributed by atoms with Crippen molar-refractivity contribution in [2.75, 3.05) is 13.7 Å². The molecule has 4 aromatic rings. The molecule has 0 unspecified atom stereocenters. The lowest BCUT2D eigenvalue weighted by Gasteiger charge is -2.12. The lowest BCUT2D eigenvalue weighted by molar-refractivity contribution is 0.0945. The number of methoxy groups -OCH3 is 1. The topological polar surface area (TPSA) is 65.4 Å². The number of carbonyl (C=O) groups is 1. The molecule has 0 aliphatic rings. The van der Waals surface area contributed by atoms with Crippen molar-refractivity contribution >= 4 is 16.9 Å². The van der Waals surface area contributed by atoms with E-state index < -0.39 is 11.7 Å². The molecule has 1 heterocycles. The van der Waals surface area contributed by atoms with Crippen molar-refractivity contribution in [3.8, 4) is 11.5 Å². The number of nitrogens with one attached hydrogen (secondary N) is 1. The Morgan fingerprint density at radius 1 is 0.970 bits per heavy atom. The Morgan fingerprint density at radius 3 is 2.52 bits per heavy atom. The third kappa shape index (κ3) is 5.31. The lowest BCUT2D eigenvalue weighted by Crippen LogP contribution is -2.25. The standard InChI is InChI=1S/C26H26FN3O3/c1-32-23-14-6-7-15-24(23)33-17-9-8-16-30-22-13-5-4-12-21(22)29-25(30)18-28-26(31)19-10-2-3-11-20(19)27/h2-7,10-15H,8-9,16-18H2,1H3,(H,28,31). The maximum atomic E-state index is 13.9. The van der Waals surface area contributed by atoms with Gasteiger partial charge < -0.3 is 19.4 Å². The van der Waals surface area contributed by atoms with Gasteiger partial charge in [0.15, 0.2) is 11.5 Å². The smallest absolute Gasteiger partial charge is 0.254 e. The van der Waals surface area contributed by atoms with Crippen molar-refractivity contribution in [1.82, 2.24) is 14.9 Å². The largest absolute Gasteiger partial charge is 0.493 e. The highest BCUT2D eigenvalue weighted by molar-refractivity contribution is 5.94. The van der Waals surface area contributed by atoms with Crippen LogP contribution in [-0.4, -0.2) is 29.2 Å². The van der Waals surface area contributed by atoms with Gasteiger partial charge in [-0.15, -0.1) is 0 Å². The summed E-state index contributed by atoms with van der Waals surface area (Å²) in [6, 6.07) is 21.4. The predicted molar refractivity (Wildman–Crippen MR) is 125 cm³/mol. The molecule has 1 aromatic heterocycles. The number of unbranched alkanes of at least 4 members (excludes halogenated alkanes) is 1. The number of benzene rings is 3. The minimum absolute atomic E-state index is 0.0219. The maximum Gasteiger partial charge on any atom is 0.254 e. The summed E-state index contributed by atoms with van der Waals surface area (Å²) in [7, 11) is 1.62. The molecule has 0 fully saturated rings. The first-order valence-corrected chi connectivity index (χ1v) is 10.9. The quantitative estimate of drug-likeness (QED) is 0.349. The van der Waals surface area contributed by atoms with Crippen LogP contribution < -0.4 is 14.8 Å². The van der Waals surface area contributed by atoms with Gasteiger partial charge in [0.1, 0.15) is 11.6 Å².